The van der Waals surface area contributed by atoms with Gasteiger partial charge in [0.1, 0.15) is 6.54 Å². The van der Waals surface area contributed by atoms with Crippen LogP contribution in [0.25, 0.3) is 0 Å². The van der Waals surface area contributed by atoms with Crippen molar-refractivity contribution in [2.45, 2.75) is 19.6 Å². The topological polar surface area (TPSA) is 110 Å². The second kappa shape index (κ2) is 5.21. The number of aliphatic hydroxyl groups excluding tert-OH is 1. The monoisotopic (exact) mass is 228 g/mol. The highest BCUT2D eigenvalue weighted by atomic mass is 16.6. The molecule has 88 valence electrons. The van der Waals surface area contributed by atoms with E-state index in [1.807, 2.05) is 0 Å². The van der Waals surface area contributed by atoms with Crippen molar-refractivity contribution in [2.75, 3.05) is 6.54 Å². The SMILES string of the molecule is CC(O)CNC(=O)Cn1ccc([N+](=O)[O-])n1. The van der Waals surface area contributed by atoms with Crippen molar-refractivity contribution < 1.29 is 14.8 Å². The van der Waals surface area contributed by atoms with E-state index in [0.717, 1.165) is 4.68 Å². The number of rotatable bonds is 5. The number of nitro groups is 1. The molecule has 1 heterocycles. The summed E-state index contributed by atoms with van der Waals surface area (Å²) in [7, 11) is 0. The van der Waals surface area contributed by atoms with Crippen LogP contribution in [0.5, 0.6) is 0 Å². The van der Waals surface area contributed by atoms with E-state index in [-0.39, 0.29) is 24.8 Å². The van der Waals surface area contributed by atoms with Crippen LogP contribution in [0, 0.1) is 10.1 Å². The van der Waals surface area contributed by atoms with E-state index >= 15 is 0 Å². The van der Waals surface area contributed by atoms with Gasteiger partial charge in [-0.05, 0) is 11.8 Å². The van der Waals surface area contributed by atoms with E-state index in [0.29, 0.717) is 0 Å². The van der Waals surface area contributed by atoms with Crippen LogP contribution >= 0.6 is 0 Å². The highest BCUT2D eigenvalue weighted by Gasteiger charge is 2.13. The number of nitrogens with zero attached hydrogens (tertiary/aromatic N) is 3. The van der Waals surface area contributed by atoms with Crippen molar-refractivity contribution in [2.24, 2.45) is 0 Å². The van der Waals surface area contributed by atoms with Crippen molar-refractivity contribution in [3.8, 4) is 0 Å². The van der Waals surface area contributed by atoms with Crippen LogP contribution in [0.4, 0.5) is 5.82 Å². The van der Waals surface area contributed by atoms with Gasteiger partial charge in [-0.25, -0.2) is 0 Å². The van der Waals surface area contributed by atoms with Crippen molar-refractivity contribution in [1.29, 1.82) is 0 Å². The summed E-state index contributed by atoms with van der Waals surface area (Å²) < 4.78 is 1.16. The maximum absolute atomic E-state index is 11.2. The Morgan fingerprint density at radius 1 is 1.81 bits per heavy atom. The number of aromatic nitrogens is 2. The molecule has 2 N–H and O–H groups in total. The van der Waals surface area contributed by atoms with Gasteiger partial charge in [0, 0.05) is 6.54 Å². The summed E-state index contributed by atoms with van der Waals surface area (Å²) in [4.78, 5) is 20.9. The first kappa shape index (κ1) is 12.1. The van der Waals surface area contributed by atoms with Crippen LogP contribution in [0.2, 0.25) is 0 Å². The molecule has 0 fully saturated rings. The molecule has 1 atom stereocenters. The molecule has 1 unspecified atom stereocenters. The third-order valence-electron chi connectivity index (χ3n) is 1.71. The van der Waals surface area contributed by atoms with Crippen molar-refractivity contribution in [3.63, 3.8) is 0 Å². The number of hydrogen-bond donors (Lipinski definition) is 2. The van der Waals surface area contributed by atoms with Gasteiger partial charge in [-0.2, -0.15) is 4.68 Å². The maximum atomic E-state index is 11.2. The van der Waals surface area contributed by atoms with E-state index < -0.39 is 11.0 Å². The van der Waals surface area contributed by atoms with Gasteiger partial charge in [-0.3, -0.25) is 4.79 Å². The Morgan fingerprint density at radius 3 is 3.00 bits per heavy atom. The van der Waals surface area contributed by atoms with Gasteiger partial charge in [-0.15, -0.1) is 0 Å². The van der Waals surface area contributed by atoms with E-state index in [1.165, 1.54) is 12.3 Å². The summed E-state index contributed by atoms with van der Waals surface area (Å²) in [5.74, 6) is -0.665. The maximum Gasteiger partial charge on any atom is 0.389 e. The highest BCUT2D eigenvalue weighted by molar-refractivity contribution is 5.75. The zero-order chi connectivity index (χ0) is 12.1. The average Bonchev–Trinajstić information content (AvgIpc) is 2.63. The molecule has 1 aromatic heterocycles. The van der Waals surface area contributed by atoms with Crippen molar-refractivity contribution in [3.05, 3.63) is 22.4 Å². The molecule has 1 amide bonds. The van der Waals surface area contributed by atoms with E-state index in [4.69, 9.17) is 5.11 Å². The van der Waals surface area contributed by atoms with Crippen LogP contribution in [0.15, 0.2) is 12.3 Å². The Labute approximate surface area is 91.0 Å². The van der Waals surface area contributed by atoms with E-state index in [2.05, 4.69) is 10.4 Å². The Hall–Kier alpha value is -1.96. The molecule has 0 saturated heterocycles. The molecule has 1 rings (SSSR count). The van der Waals surface area contributed by atoms with Crippen LogP contribution in [-0.4, -0.2) is 38.4 Å². The predicted octanol–water partition coefficient (Wildman–Crippen LogP) is -0.712. The average molecular weight is 228 g/mol. The Kier molecular flexibility index (Phi) is 3.95. The van der Waals surface area contributed by atoms with Gasteiger partial charge in [0.2, 0.25) is 5.91 Å². The smallest absolute Gasteiger partial charge is 0.389 e. The van der Waals surface area contributed by atoms with Gasteiger partial charge < -0.3 is 20.5 Å². The zero-order valence-corrected chi connectivity index (χ0v) is 8.66. The van der Waals surface area contributed by atoms with E-state index in [9.17, 15) is 14.9 Å². The molecule has 0 saturated carbocycles. The van der Waals surface area contributed by atoms with Crippen LogP contribution in [0.1, 0.15) is 6.92 Å². The second-order valence-electron chi connectivity index (χ2n) is 3.28. The first-order valence-electron chi connectivity index (χ1n) is 4.61. The van der Waals surface area contributed by atoms with Crippen molar-refractivity contribution >= 4 is 11.7 Å². The van der Waals surface area contributed by atoms with Crippen molar-refractivity contribution in [1.82, 2.24) is 15.1 Å². The van der Waals surface area contributed by atoms with Crippen LogP contribution in [-0.2, 0) is 11.3 Å². The Bertz CT molecular complexity index is 387. The molecular formula is C8H12N4O4. The molecule has 1 aromatic rings. The molecule has 0 bridgehead atoms. The Morgan fingerprint density at radius 2 is 2.50 bits per heavy atom. The first-order chi connectivity index (χ1) is 7.49. The molecule has 0 aliphatic carbocycles. The molecule has 0 aliphatic heterocycles. The van der Waals surface area contributed by atoms with Crippen LogP contribution in [0.3, 0.4) is 0 Å². The zero-order valence-electron chi connectivity index (χ0n) is 8.66. The summed E-state index contributed by atoms with van der Waals surface area (Å²) in [5.41, 5.74) is 0. The molecule has 0 aromatic carbocycles. The molecule has 8 heteroatoms. The minimum atomic E-state index is -0.635. The molecule has 0 radical (unpaired) electrons. The van der Waals surface area contributed by atoms with Gasteiger partial charge in [-0.1, -0.05) is 0 Å². The summed E-state index contributed by atoms with van der Waals surface area (Å²) in [5, 5.41) is 25.2. The molecular weight excluding hydrogens is 216 g/mol. The number of hydrogen-bond acceptors (Lipinski definition) is 5. The minimum Gasteiger partial charge on any atom is -0.392 e. The summed E-state index contributed by atoms with van der Waals surface area (Å²) in [6, 6.07) is 1.21. The third kappa shape index (κ3) is 3.65. The number of amides is 1. The van der Waals surface area contributed by atoms with Crippen LogP contribution < -0.4 is 5.32 Å². The van der Waals surface area contributed by atoms with Gasteiger partial charge in [0.15, 0.2) is 0 Å². The van der Waals surface area contributed by atoms with Gasteiger partial charge in [0.05, 0.1) is 23.5 Å². The largest absolute Gasteiger partial charge is 0.392 e. The normalized spacial score (nSPS) is 12.1. The standard InChI is InChI=1S/C8H12N4O4/c1-6(13)4-9-8(14)5-11-3-2-7(10-11)12(15)16/h2-3,6,13H,4-5H2,1H3,(H,9,14). The van der Waals surface area contributed by atoms with Gasteiger partial charge in [0.25, 0.3) is 0 Å². The fourth-order valence-electron chi connectivity index (χ4n) is 1.00. The third-order valence-corrected chi connectivity index (χ3v) is 1.71. The molecule has 16 heavy (non-hydrogen) atoms. The summed E-state index contributed by atoms with van der Waals surface area (Å²) >= 11 is 0. The number of nitrogens with one attached hydrogen (secondary N) is 1. The number of carbonyl (C=O) groups is 1. The van der Waals surface area contributed by atoms with Gasteiger partial charge >= 0.3 is 5.82 Å². The predicted molar refractivity (Wildman–Crippen MR) is 53.6 cm³/mol. The lowest BCUT2D eigenvalue weighted by Gasteiger charge is -2.05. The molecule has 8 nitrogen and oxygen atoms in total. The fraction of sp³-hybridized carbons (Fsp3) is 0.500. The van der Waals surface area contributed by atoms with E-state index in [1.54, 1.807) is 6.92 Å². The lowest BCUT2D eigenvalue weighted by molar-refractivity contribution is -0.389. The quantitative estimate of drug-likeness (QED) is 0.510. The number of aliphatic hydroxyl groups is 1. The molecule has 0 aliphatic rings. The minimum absolute atomic E-state index is 0.111. The lowest BCUT2D eigenvalue weighted by Crippen LogP contribution is -2.33. The second-order valence-corrected chi connectivity index (χ2v) is 3.28. The molecule has 0 spiro atoms. The first-order valence-corrected chi connectivity index (χ1v) is 4.61. The Balaban J connectivity index is 2.46. The highest BCUT2D eigenvalue weighted by Crippen LogP contribution is 2.04. The summed E-state index contributed by atoms with van der Waals surface area (Å²) in [6.45, 7) is 1.57. The fourth-order valence-corrected chi connectivity index (χ4v) is 1.00. The lowest BCUT2D eigenvalue weighted by atomic mass is 10.4. The number of carbonyl (C=O) groups excluding carboxylic acids is 1. The summed E-state index contributed by atoms with van der Waals surface area (Å²) in [6.07, 6.45) is 0.719.